The summed E-state index contributed by atoms with van der Waals surface area (Å²) >= 11 is 3.73. The molecule has 2 aromatic carbocycles. The number of aryl methyl sites for hydroxylation is 1. The van der Waals surface area contributed by atoms with E-state index in [1.807, 2.05) is 29.7 Å². The van der Waals surface area contributed by atoms with Gasteiger partial charge < -0.3 is 4.57 Å². The van der Waals surface area contributed by atoms with E-state index in [0.717, 1.165) is 33.3 Å². The molecule has 5 heteroatoms. The summed E-state index contributed by atoms with van der Waals surface area (Å²) in [6, 6.07) is 16.0. The van der Waals surface area contributed by atoms with Gasteiger partial charge in [-0.25, -0.2) is 9.97 Å². The molecule has 4 rings (SSSR count). The maximum atomic E-state index is 11.0. The van der Waals surface area contributed by atoms with Crippen LogP contribution in [0.15, 0.2) is 53.0 Å². The number of nitrogens with zero attached hydrogens (tertiary/aromatic N) is 3. The lowest BCUT2D eigenvalue weighted by Crippen LogP contribution is -2.04. The van der Waals surface area contributed by atoms with Gasteiger partial charge in [0.2, 0.25) is 0 Å². The van der Waals surface area contributed by atoms with Gasteiger partial charge in [-0.15, -0.1) is 0 Å². The molecule has 2 heterocycles. The highest BCUT2D eigenvalue weighted by molar-refractivity contribution is 9.10. The number of imidazole rings is 1. The van der Waals surface area contributed by atoms with Gasteiger partial charge in [-0.3, -0.25) is 4.79 Å². The van der Waals surface area contributed by atoms with E-state index >= 15 is 0 Å². The largest absolute Gasteiger partial charge is 0.308 e. The molecular formula is C19H14BrN3O. The average Bonchev–Trinajstić information content (AvgIpc) is 2.92. The van der Waals surface area contributed by atoms with Gasteiger partial charge in [-0.05, 0) is 51.3 Å². The van der Waals surface area contributed by atoms with E-state index in [4.69, 9.17) is 0 Å². The van der Waals surface area contributed by atoms with E-state index in [1.54, 1.807) is 6.07 Å². The Hall–Kier alpha value is -2.53. The Bertz CT molecular complexity index is 1080. The van der Waals surface area contributed by atoms with Crippen molar-refractivity contribution in [2.24, 2.45) is 0 Å². The van der Waals surface area contributed by atoms with Gasteiger partial charge in [-0.2, -0.15) is 0 Å². The Balaban J connectivity index is 1.86. The lowest BCUT2D eigenvalue weighted by molar-refractivity contribution is 0.111. The minimum absolute atomic E-state index is 0.418. The van der Waals surface area contributed by atoms with Crippen LogP contribution in [0.5, 0.6) is 0 Å². The molecule has 0 aliphatic rings. The fourth-order valence-corrected chi connectivity index (χ4v) is 3.57. The molecule has 0 aliphatic carbocycles. The Morgan fingerprint density at radius 2 is 1.92 bits per heavy atom. The summed E-state index contributed by atoms with van der Waals surface area (Å²) in [5, 5.41) is 2.38. The zero-order valence-corrected chi connectivity index (χ0v) is 14.6. The molecule has 0 radical (unpaired) electrons. The molecule has 0 saturated carbocycles. The number of benzene rings is 2. The molecule has 4 aromatic rings. The number of pyridine rings is 1. The van der Waals surface area contributed by atoms with E-state index in [-0.39, 0.29) is 0 Å². The van der Waals surface area contributed by atoms with Crippen LogP contribution in [0.25, 0.3) is 21.9 Å². The van der Waals surface area contributed by atoms with Crippen LogP contribution in [0.3, 0.4) is 0 Å². The maximum absolute atomic E-state index is 11.0. The molecule has 0 amide bonds. The summed E-state index contributed by atoms with van der Waals surface area (Å²) in [6.45, 7) is 2.60. The van der Waals surface area contributed by atoms with Crippen molar-refractivity contribution >= 4 is 44.2 Å². The molecule has 0 atom stereocenters. The fourth-order valence-electron chi connectivity index (χ4n) is 2.96. The highest BCUT2D eigenvalue weighted by Gasteiger charge is 2.12. The predicted octanol–water partition coefficient (Wildman–Crippen LogP) is 4.52. The lowest BCUT2D eigenvalue weighted by atomic mass is 10.1. The topological polar surface area (TPSA) is 47.8 Å². The second-order valence-corrected chi connectivity index (χ2v) is 6.49. The van der Waals surface area contributed by atoms with Crippen molar-refractivity contribution in [2.45, 2.75) is 13.5 Å². The molecule has 0 N–H and O–H groups in total. The quantitative estimate of drug-likeness (QED) is 0.491. The van der Waals surface area contributed by atoms with Crippen LogP contribution in [0.1, 0.15) is 21.9 Å². The number of hydrogen-bond donors (Lipinski definition) is 0. The minimum Gasteiger partial charge on any atom is -0.308 e. The average molecular weight is 380 g/mol. The SMILES string of the molecule is Cc1nc2ccc(C=O)nc2n1Cc1ccc2ccccc2c1Br. The van der Waals surface area contributed by atoms with Gasteiger partial charge >= 0.3 is 0 Å². The highest BCUT2D eigenvalue weighted by Crippen LogP contribution is 2.29. The second-order valence-electron chi connectivity index (χ2n) is 5.70. The lowest BCUT2D eigenvalue weighted by Gasteiger charge is -2.11. The summed E-state index contributed by atoms with van der Waals surface area (Å²) in [5.74, 6) is 0.876. The summed E-state index contributed by atoms with van der Waals surface area (Å²) < 4.78 is 3.12. The fraction of sp³-hybridized carbons (Fsp3) is 0.105. The molecule has 0 bridgehead atoms. The third-order valence-corrected chi connectivity index (χ3v) is 5.13. The third-order valence-electron chi connectivity index (χ3n) is 4.20. The minimum atomic E-state index is 0.418. The van der Waals surface area contributed by atoms with Crippen LogP contribution in [0.2, 0.25) is 0 Å². The van der Waals surface area contributed by atoms with E-state index in [1.165, 1.54) is 10.8 Å². The van der Waals surface area contributed by atoms with Crippen LogP contribution >= 0.6 is 15.9 Å². The predicted molar refractivity (Wildman–Crippen MR) is 98.4 cm³/mol. The zero-order valence-electron chi connectivity index (χ0n) is 13.0. The number of aromatic nitrogens is 3. The van der Waals surface area contributed by atoms with Gasteiger partial charge in [0, 0.05) is 4.47 Å². The van der Waals surface area contributed by atoms with Crippen molar-refractivity contribution < 1.29 is 4.79 Å². The monoisotopic (exact) mass is 379 g/mol. The molecule has 0 aliphatic heterocycles. The summed E-state index contributed by atoms with van der Waals surface area (Å²) in [6.07, 6.45) is 0.762. The van der Waals surface area contributed by atoms with Crippen molar-refractivity contribution in [3.05, 3.63) is 70.1 Å². The number of fused-ring (bicyclic) bond motifs is 2. The number of carbonyl (C=O) groups excluding carboxylic acids is 1. The number of halogens is 1. The van der Waals surface area contributed by atoms with Gasteiger partial charge in [-0.1, -0.05) is 36.4 Å². The molecule has 0 saturated heterocycles. The number of aldehydes is 1. The molecule has 24 heavy (non-hydrogen) atoms. The first-order chi connectivity index (χ1) is 11.7. The first-order valence-electron chi connectivity index (χ1n) is 7.62. The van der Waals surface area contributed by atoms with Crippen LogP contribution in [0.4, 0.5) is 0 Å². The zero-order chi connectivity index (χ0) is 16.7. The molecular weight excluding hydrogens is 366 g/mol. The van der Waals surface area contributed by atoms with Gasteiger partial charge in [0.05, 0.1) is 6.54 Å². The van der Waals surface area contributed by atoms with Crippen molar-refractivity contribution in [2.75, 3.05) is 0 Å². The van der Waals surface area contributed by atoms with E-state index in [0.29, 0.717) is 12.2 Å². The standard InChI is InChI=1S/C19H14BrN3O/c1-12-21-17-9-8-15(11-24)22-19(17)23(12)10-14-7-6-13-4-2-3-5-16(13)18(14)20/h2-9,11H,10H2,1H3. The Kier molecular flexibility index (Phi) is 3.65. The number of carbonyl (C=O) groups is 1. The van der Waals surface area contributed by atoms with Crippen molar-refractivity contribution in [3.63, 3.8) is 0 Å². The van der Waals surface area contributed by atoms with Gasteiger partial charge in [0.15, 0.2) is 11.9 Å². The van der Waals surface area contributed by atoms with Crippen LogP contribution in [-0.2, 0) is 6.54 Å². The summed E-state index contributed by atoms with van der Waals surface area (Å²) in [4.78, 5) is 20.0. The normalized spacial score (nSPS) is 11.2. The summed E-state index contributed by atoms with van der Waals surface area (Å²) in [5.41, 5.74) is 3.10. The van der Waals surface area contributed by atoms with E-state index < -0.39 is 0 Å². The molecule has 0 spiro atoms. The molecule has 118 valence electrons. The van der Waals surface area contributed by atoms with Crippen LogP contribution in [-0.4, -0.2) is 20.8 Å². The second kappa shape index (κ2) is 5.83. The molecule has 0 unspecified atom stereocenters. The van der Waals surface area contributed by atoms with Crippen LogP contribution in [0, 0.1) is 6.92 Å². The van der Waals surface area contributed by atoms with Crippen LogP contribution < -0.4 is 0 Å². The van der Waals surface area contributed by atoms with Crippen molar-refractivity contribution in [1.82, 2.24) is 14.5 Å². The van der Waals surface area contributed by atoms with Gasteiger partial charge in [0.1, 0.15) is 17.0 Å². The smallest absolute Gasteiger partial charge is 0.168 e. The Morgan fingerprint density at radius 3 is 2.75 bits per heavy atom. The molecule has 2 aromatic heterocycles. The molecule has 4 nitrogen and oxygen atoms in total. The highest BCUT2D eigenvalue weighted by atomic mass is 79.9. The van der Waals surface area contributed by atoms with E-state index in [2.05, 4.69) is 50.2 Å². The van der Waals surface area contributed by atoms with E-state index in [9.17, 15) is 4.79 Å². The summed E-state index contributed by atoms with van der Waals surface area (Å²) in [7, 11) is 0. The number of rotatable bonds is 3. The van der Waals surface area contributed by atoms with Gasteiger partial charge in [0.25, 0.3) is 0 Å². The number of hydrogen-bond acceptors (Lipinski definition) is 3. The molecule has 0 fully saturated rings. The van der Waals surface area contributed by atoms with Crippen molar-refractivity contribution in [3.8, 4) is 0 Å². The Labute approximate surface area is 147 Å². The third kappa shape index (κ3) is 2.41. The Morgan fingerprint density at radius 1 is 1.08 bits per heavy atom. The maximum Gasteiger partial charge on any atom is 0.168 e. The first-order valence-corrected chi connectivity index (χ1v) is 8.42. The first kappa shape index (κ1) is 15.0. The van der Waals surface area contributed by atoms with Crippen molar-refractivity contribution in [1.29, 1.82) is 0 Å².